The van der Waals surface area contributed by atoms with E-state index >= 15 is 0 Å². The molecule has 0 saturated heterocycles. The van der Waals surface area contributed by atoms with Crippen molar-refractivity contribution in [3.63, 3.8) is 0 Å². The van der Waals surface area contributed by atoms with Crippen LogP contribution in [0.3, 0.4) is 0 Å². The summed E-state index contributed by atoms with van der Waals surface area (Å²) >= 11 is 0. The average molecular weight is 174 g/mol. The van der Waals surface area contributed by atoms with Gasteiger partial charge in [0, 0.05) is 5.41 Å². The van der Waals surface area contributed by atoms with Gasteiger partial charge < -0.3 is 9.47 Å². The smallest absolute Gasteiger partial charge is 0.438 e. The Balaban J connectivity index is 4.33. The lowest BCUT2D eigenvalue weighted by molar-refractivity contribution is -0.0665. The van der Waals surface area contributed by atoms with E-state index in [1.165, 1.54) is 7.11 Å². The molecular formula is C9H18O3. The maximum absolute atomic E-state index is 10.8. The van der Waals surface area contributed by atoms with Gasteiger partial charge in [0.1, 0.15) is 5.60 Å². The van der Waals surface area contributed by atoms with E-state index < -0.39 is 11.8 Å². The highest BCUT2D eigenvalue weighted by molar-refractivity contribution is 5.60. The summed E-state index contributed by atoms with van der Waals surface area (Å²) in [6.45, 7) is 9.76. The van der Waals surface area contributed by atoms with E-state index in [1.54, 1.807) is 0 Å². The van der Waals surface area contributed by atoms with Gasteiger partial charge in [-0.1, -0.05) is 20.8 Å². The lowest BCUT2D eigenvalue weighted by Crippen LogP contribution is -2.41. The van der Waals surface area contributed by atoms with Crippen molar-refractivity contribution >= 4 is 6.16 Å². The third-order valence-corrected chi connectivity index (χ3v) is 2.31. The molecule has 0 spiro atoms. The summed E-state index contributed by atoms with van der Waals surface area (Å²) in [5.41, 5.74) is -0.610. The van der Waals surface area contributed by atoms with Crippen molar-refractivity contribution in [3.8, 4) is 0 Å². The molecule has 72 valence electrons. The summed E-state index contributed by atoms with van der Waals surface area (Å²) in [6, 6.07) is 0. The van der Waals surface area contributed by atoms with E-state index in [-0.39, 0.29) is 5.41 Å². The molecule has 0 aliphatic rings. The Morgan fingerprint density at radius 2 is 1.50 bits per heavy atom. The summed E-state index contributed by atoms with van der Waals surface area (Å²) in [6.07, 6.45) is -0.630. The Bertz CT molecular complexity index is 165. The number of hydrogen-bond acceptors (Lipinski definition) is 3. The van der Waals surface area contributed by atoms with E-state index in [1.807, 2.05) is 34.6 Å². The van der Waals surface area contributed by atoms with Gasteiger partial charge in [0.15, 0.2) is 0 Å². The van der Waals surface area contributed by atoms with E-state index in [0.29, 0.717) is 0 Å². The first-order valence-corrected chi connectivity index (χ1v) is 3.97. The second kappa shape index (κ2) is 3.33. The van der Waals surface area contributed by atoms with Crippen LogP contribution in [0.1, 0.15) is 34.6 Å². The molecule has 0 aliphatic heterocycles. The zero-order valence-electron chi connectivity index (χ0n) is 8.72. The number of carbonyl (C=O) groups is 1. The minimum absolute atomic E-state index is 0.0960. The van der Waals surface area contributed by atoms with Crippen LogP contribution in [0.25, 0.3) is 0 Å². The highest BCUT2D eigenvalue weighted by Gasteiger charge is 2.36. The van der Waals surface area contributed by atoms with Crippen LogP contribution >= 0.6 is 0 Å². The molecule has 0 aromatic heterocycles. The Morgan fingerprint density at radius 1 is 1.08 bits per heavy atom. The third kappa shape index (κ3) is 2.72. The molecule has 0 aromatic rings. The summed E-state index contributed by atoms with van der Waals surface area (Å²) < 4.78 is 9.51. The van der Waals surface area contributed by atoms with Crippen LogP contribution in [-0.4, -0.2) is 18.9 Å². The fourth-order valence-corrected chi connectivity index (χ4v) is 0.403. The molecule has 0 atom stereocenters. The fraction of sp³-hybridized carbons (Fsp3) is 0.889. The Hall–Kier alpha value is -0.730. The van der Waals surface area contributed by atoms with Crippen LogP contribution in [0.15, 0.2) is 0 Å². The quantitative estimate of drug-likeness (QED) is 0.573. The normalized spacial score (nSPS) is 12.5. The first kappa shape index (κ1) is 11.3. The van der Waals surface area contributed by atoms with Crippen molar-refractivity contribution < 1.29 is 14.3 Å². The minimum Gasteiger partial charge on any atom is -0.438 e. The lowest BCUT2D eigenvalue weighted by atomic mass is 9.79. The second-order valence-corrected chi connectivity index (χ2v) is 4.32. The largest absolute Gasteiger partial charge is 0.508 e. The molecule has 0 rings (SSSR count). The number of ether oxygens (including phenoxy) is 2. The van der Waals surface area contributed by atoms with E-state index in [9.17, 15) is 4.79 Å². The maximum atomic E-state index is 10.8. The first-order valence-electron chi connectivity index (χ1n) is 3.97. The van der Waals surface area contributed by atoms with E-state index in [4.69, 9.17) is 4.74 Å². The lowest BCUT2D eigenvalue weighted by Gasteiger charge is -2.37. The van der Waals surface area contributed by atoms with Crippen LogP contribution in [0.4, 0.5) is 4.79 Å². The molecule has 12 heavy (non-hydrogen) atoms. The predicted octanol–water partition coefficient (Wildman–Crippen LogP) is 2.59. The topological polar surface area (TPSA) is 35.5 Å². The maximum Gasteiger partial charge on any atom is 0.508 e. The average Bonchev–Trinajstić information content (AvgIpc) is 1.84. The minimum atomic E-state index is -0.630. The Labute approximate surface area is 74.0 Å². The molecular weight excluding hydrogens is 156 g/mol. The standard InChI is InChI=1S/C9H18O3/c1-8(2,3)9(4,5)12-7(10)11-6/h1-6H3. The molecule has 0 saturated carbocycles. The van der Waals surface area contributed by atoms with Crippen molar-refractivity contribution in [2.45, 2.75) is 40.2 Å². The molecule has 3 heteroatoms. The van der Waals surface area contributed by atoms with Gasteiger partial charge in [0.05, 0.1) is 7.11 Å². The van der Waals surface area contributed by atoms with Crippen LogP contribution in [0.2, 0.25) is 0 Å². The van der Waals surface area contributed by atoms with Crippen molar-refractivity contribution in [1.82, 2.24) is 0 Å². The Morgan fingerprint density at radius 3 is 1.75 bits per heavy atom. The summed E-state index contributed by atoms with van der Waals surface area (Å²) in [4.78, 5) is 10.8. The van der Waals surface area contributed by atoms with Gasteiger partial charge in [-0.25, -0.2) is 4.79 Å². The van der Waals surface area contributed by atoms with Gasteiger partial charge in [-0.05, 0) is 13.8 Å². The van der Waals surface area contributed by atoms with Gasteiger partial charge >= 0.3 is 6.16 Å². The van der Waals surface area contributed by atoms with Gasteiger partial charge in [-0.3, -0.25) is 0 Å². The van der Waals surface area contributed by atoms with Gasteiger partial charge in [0.25, 0.3) is 0 Å². The Kier molecular flexibility index (Phi) is 3.13. The van der Waals surface area contributed by atoms with Gasteiger partial charge in [0.2, 0.25) is 0 Å². The van der Waals surface area contributed by atoms with Gasteiger partial charge in [-0.2, -0.15) is 0 Å². The molecule has 3 nitrogen and oxygen atoms in total. The number of hydrogen-bond donors (Lipinski definition) is 0. The number of methoxy groups -OCH3 is 1. The van der Waals surface area contributed by atoms with E-state index in [0.717, 1.165) is 0 Å². The van der Waals surface area contributed by atoms with Crippen LogP contribution < -0.4 is 0 Å². The first-order chi connectivity index (χ1) is 5.20. The van der Waals surface area contributed by atoms with Crippen LogP contribution in [0, 0.1) is 5.41 Å². The summed E-state index contributed by atoms with van der Waals surface area (Å²) in [7, 11) is 1.31. The molecule has 0 unspecified atom stereocenters. The molecule has 0 amide bonds. The van der Waals surface area contributed by atoms with E-state index in [2.05, 4.69) is 4.74 Å². The second-order valence-electron chi connectivity index (χ2n) is 4.32. The van der Waals surface area contributed by atoms with Crippen molar-refractivity contribution in [2.24, 2.45) is 5.41 Å². The molecule has 0 radical (unpaired) electrons. The summed E-state index contributed by atoms with van der Waals surface area (Å²) in [5.74, 6) is 0. The molecule has 0 bridgehead atoms. The van der Waals surface area contributed by atoms with Crippen LogP contribution in [0.5, 0.6) is 0 Å². The van der Waals surface area contributed by atoms with Gasteiger partial charge in [-0.15, -0.1) is 0 Å². The molecule has 0 N–H and O–H groups in total. The molecule has 0 aromatic carbocycles. The van der Waals surface area contributed by atoms with Crippen LogP contribution in [-0.2, 0) is 9.47 Å². The SMILES string of the molecule is COC(=O)OC(C)(C)C(C)(C)C. The summed E-state index contributed by atoms with van der Waals surface area (Å²) in [5, 5.41) is 0. The highest BCUT2D eigenvalue weighted by Crippen LogP contribution is 2.33. The van der Waals surface area contributed by atoms with Crippen molar-refractivity contribution in [1.29, 1.82) is 0 Å². The zero-order valence-corrected chi connectivity index (χ0v) is 8.72. The third-order valence-electron chi connectivity index (χ3n) is 2.31. The van der Waals surface area contributed by atoms with Crippen molar-refractivity contribution in [2.75, 3.05) is 7.11 Å². The zero-order chi connectivity index (χ0) is 9.99. The number of rotatable bonds is 1. The van der Waals surface area contributed by atoms with Crippen molar-refractivity contribution in [3.05, 3.63) is 0 Å². The fourth-order valence-electron chi connectivity index (χ4n) is 0.403. The molecule has 0 fully saturated rings. The monoisotopic (exact) mass is 174 g/mol. The molecule has 0 aliphatic carbocycles. The highest BCUT2D eigenvalue weighted by atomic mass is 16.7. The molecule has 0 heterocycles. The number of carbonyl (C=O) groups excluding carboxylic acids is 1. The predicted molar refractivity (Wildman–Crippen MR) is 47.0 cm³/mol.